The molecule has 0 radical (unpaired) electrons. The Labute approximate surface area is 96.6 Å². The number of nitrogens with zero attached hydrogens (tertiary/aromatic N) is 1. The van der Waals surface area contributed by atoms with Crippen LogP contribution in [0.15, 0.2) is 29.8 Å². The fraction of sp³-hybridized carbons (Fsp3) is 0.250. The highest BCUT2D eigenvalue weighted by molar-refractivity contribution is 14.1. The molecule has 0 N–H and O–H groups in total. The lowest BCUT2D eigenvalue weighted by Gasteiger charge is -2.12. The van der Waals surface area contributed by atoms with E-state index in [1.165, 1.54) is 14.7 Å². The van der Waals surface area contributed by atoms with Gasteiger partial charge in [0.15, 0.2) is 0 Å². The molecule has 0 unspecified atom stereocenters. The Morgan fingerprint density at radius 3 is 3.00 bits per heavy atom. The summed E-state index contributed by atoms with van der Waals surface area (Å²) in [4.78, 5) is 0. The van der Waals surface area contributed by atoms with Crippen LogP contribution in [0.5, 0.6) is 0 Å². The van der Waals surface area contributed by atoms with Gasteiger partial charge in [0, 0.05) is 21.0 Å². The third kappa shape index (κ3) is 0.992. The average molecular weight is 293 g/mol. The summed E-state index contributed by atoms with van der Waals surface area (Å²) >= 11 is 2.34. The van der Waals surface area contributed by atoms with Gasteiger partial charge in [0.1, 0.15) is 0 Å². The molecule has 1 aromatic carbocycles. The molecule has 0 heterocycles. The zero-order valence-corrected chi connectivity index (χ0v) is 9.65. The summed E-state index contributed by atoms with van der Waals surface area (Å²) in [6.45, 7) is 0. The topological polar surface area (TPSA) is 23.8 Å². The van der Waals surface area contributed by atoms with Gasteiger partial charge in [-0.3, -0.25) is 0 Å². The third-order valence-corrected chi connectivity index (χ3v) is 3.87. The lowest BCUT2D eigenvalue weighted by atomic mass is 9.92. The van der Waals surface area contributed by atoms with E-state index in [0.717, 1.165) is 12.0 Å². The van der Waals surface area contributed by atoms with Crippen LogP contribution in [-0.4, -0.2) is 0 Å². The van der Waals surface area contributed by atoms with Crippen LogP contribution < -0.4 is 0 Å². The summed E-state index contributed by atoms with van der Waals surface area (Å²) in [5.41, 5.74) is 3.80. The average Bonchev–Trinajstić information content (AvgIpc) is 2.74. The van der Waals surface area contributed by atoms with Crippen LogP contribution in [0, 0.1) is 14.9 Å². The molecular formula is C12H8IN. The second kappa shape index (κ2) is 2.83. The Hall–Kier alpha value is -0.820. The van der Waals surface area contributed by atoms with Crippen LogP contribution in [0.25, 0.3) is 0 Å². The van der Waals surface area contributed by atoms with Crippen LogP contribution in [0.4, 0.5) is 0 Å². The van der Waals surface area contributed by atoms with Crippen molar-refractivity contribution in [2.45, 2.75) is 18.3 Å². The monoisotopic (exact) mass is 293 g/mol. The largest absolute Gasteiger partial charge is 0.193 e. The second-order valence-corrected chi connectivity index (χ2v) is 5.15. The van der Waals surface area contributed by atoms with Crippen LogP contribution >= 0.6 is 22.6 Å². The fourth-order valence-corrected chi connectivity index (χ4v) is 3.11. The molecular weight excluding hydrogens is 285 g/mol. The van der Waals surface area contributed by atoms with E-state index in [1.807, 2.05) is 0 Å². The van der Waals surface area contributed by atoms with Crippen molar-refractivity contribution in [2.75, 3.05) is 0 Å². The van der Waals surface area contributed by atoms with Gasteiger partial charge in [-0.1, -0.05) is 12.1 Å². The first kappa shape index (κ1) is 8.49. The summed E-state index contributed by atoms with van der Waals surface area (Å²) < 4.78 is 1.29. The summed E-state index contributed by atoms with van der Waals surface area (Å²) in [6, 6.07) is 8.89. The molecule has 2 aliphatic carbocycles. The zero-order valence-electron chi connectivity index (χ0n) is 7.50. The molecule has 0 spiro atoms. The Morgan fingerprint density at radius 2 is 2.21 bits per heavy atom. The molecule has 0 saturated carbocycles. The predicted octanol–water partition coefficient (Wildman–Crippen LogP) is 3.33. The van der Waals surface area contributed by atoms with Crippen LogP contribution in [-0.2, 0) is 0 Å². The van der Waals surface area contributed by atoms with E-state index in [4.69, 9.17) is 5.26 Å². The highest BCUT2D eigenvalue weighted by Crippen LogP contribution is 2.52. The molecule has 2 bridgehead atoms. The number of nitriles is 1. The summed E-state index contributed by atoms with van der Waals surface area (Å²) in [7, 11) is 0. The third-order valence-electron chi connectivity index (χ3n) is 3.20. The summed E-state index contributed by atoms with van der Waals surface area (Å²) in [6.07, 6.45) is 3.27. The molecule has 68 valence electrons. The summed E-state index contributed by atoms with van der Waals surface area (Å²) in [5, 5.41) is 8.95. The predicted molar refractivity (Wildman–Crippen MR) is 63.0 cm³/mol. The minimum Gasteiger partial charge on any atom is -0.193 e. The van der Waals surface area contributed by atoms with Gasteiger partial charge >= 0.3 is 0 Å². The zero-order chi connectivity index (χ0) is 9.71. The normalized spacial score (nSPS) is 27.0. The van der Waals surface area contributed by atoms with E-state index in [1.54, 1.807) is 0 Å². The van der Waals surface area contributed by atoms with E-state index < -0.39 is 0 Å². The standard InChI is InChI=1S/C12H8IN/c13-9-1-2-10-11-4-7(12(10)5-9)3-8(11)6-14/h1-3,5,7,11H,4H2/t7-,11-/m0/s1. The minimum atomic E-state index is 0.400. The highest BCUT2D eigenvalue weighted by Gasteiger charge is 2.37. The van der Waals surface area contributed by atoms with Crippen molar-refractivity contribution in [3.05, 3.63) is 44.5 Å². The number of rotatable bonds is 0. The Kier molecular flexibility index (Phi) is 1.72. The molecule has 2 aliphatic rings. The minimum absolute atomic E-state index is 0.400. The second-order valence-electron chi connectivity index (χ2n) is 3.90. The number of fused-ring (bicyclic) bond motifs is 5. The first-order valence-electron chi connectivity index (χ1n) is 4.71. The Morgan fingerprint density at radius 1 is 1.36 bits per heavy atom. The molecule has 0 aliphatic heterocycles. The Bertz CT molecular complexity index is 482. The molecule has 14 heavy (non-hydrogen) atoms. The maximum Gasteiger partial charge on any atom is 0.0950 e. The SMILES string of the molecule is N#CC1=C[C@H]2C[C@@H]1c1ccc(I)cc12. The number of hydrogen-bond donors (Lipinski definition) is 0. The van der Waals surface area contributed by atoms with Crippen molar-refractivity contribution in [1.82, 2.24) is 0 Å². The van der Waals surface area contributed by atoms with Crippen molar-refractivity contribution in [2.24, 2.45) is 0 Å². The van der Waals surface area contributed by atoms with E-state index >= 15 is 0 Å². The van der Waals surface area contributed by atoms with Gasteiger partial charge in [0.2, 0.25) is 0 Å². The quantitative estimate of drug-likeness (QED) is 0.673. The van der Waals surface area contributed by atoms with E-state index in [0.29, 0.717) is 11.8 Å². The molecule has 1 aromatic rings. The van der Waals surface area contributed by atoms with Gasteiger partial charge < -0.3 is 0 Å². The van der Waals surface area contributed by atoms with Crippen LogP contribution in [0.3, 0.4) is 0 Å². The molecule has 0 fully saturated rings. The van der Waals surface area contributed by atoms with Gasteiger partial charge in [0.25, 0.3) is 0 Å². The van der Waals surface area contributed by atoms with Crippen molar-refractivity contribution >= 4 is 22.6 Å². The summed E-state index contributed by atoms with van der Waals surface area (Å²) in [5.74, 6) is 0.913. The first-order valence-corrected chi connectivity index (χ1v) is 5.78. The molecule has 2 heteroatoms. The van der Waals surface area contributed by atoms with Crippen molar-refractivity contribution in [1.29, 1.82) is 5.26 Å². The lowest BCUT2D eigenvalue weighted by Crippen LogP contribution is -1.97. The molecule has 1 nitrogen and oxygen atoms in total. The number of benzene rings is 1. The van der Waals surface area contributed by atoms with Gasteiger partial charge in [0.05, 0.1) is 6.07 Å². The van der Waals surface area contributed by atoms with Gasteiger partial charge in [-0.2, -0.15) is 5.26 Å². The van der Waals surface area contributed by atoms with E-state index in [-0.39, 0.29) is 0 Å². The number of allylic oxidation sites excluding steroid dienone is 2. The highest BCUT2D eigenvalue weighted by atomic mass is 127. The number of hydrogen-bond acceptors (Lipinski definition) is 1. The maximum absolute atomic E-state index is 8.95. The van der Waals surface area contributed by atoms with Gasteiger partial charge in [-0.25, -0.2) is 0 Å². The van der Waals surface area contributed by atoms with Gasteiger partial charge in [-0.05, 0) is 52.3 Å². The van der Waals surface area contributed by atoms with Crippen LogP contribution in [0.1, 0.15) is 29.4 Å². The van der Waals surface area contributed by atoms with E-state index in [9.17, 15) is 0 Å². The van der Waals surface area contributed by atoms with E-state index in [2.05, 4.69) is 52.9 Å². The molecule has 2 atom stereocenters. The Balaban J connectivity index is 2.17. The lowest BCUT2D eigenvalue weighted by molar-refractivity contribution is 0.794. The van der Waals surface area contributed by atoms with Gasteiger partial charge in [-0.15, -0.1) is 0 Å². The molecule has 3 rings (SSSR count). The molecule has 0 saturated heterocycles. The van der Waals surface area contributed by atoms with Crippen molar-refractivity contribution in [3.63, 3.8) is 0 Å². The molecule has 0 amide bonds. The van der Waals surface area contributed by atoms with Crippen molar-refractivity contribution < 1.29 is 0 Å². The maximum atomic E-state index is 8.95. The fourth-order valence-electron chi connectivity index (χ4n) is 2.59. The van der Waals surface area contributed by atoms with Crippen molar-refractivity contribution in [3.8, 4) is 6.07 Å². The first-order chi connectivity index (χ1) is 6.79. The van der Waals surface area contributed by atoms with Crippen LogP contribution in [0.2, 0.25) is 0 Å². The molecule has 0 aromatic heterocycles. The smallest absolute Gasteiger partial charge is 0.0950 e. The number of halogens is 1.